The van der Waals surface area contributed by atoms with E-state index in [4.69, 9.17) is 25.8 Å². The van der Waals surface area contributed by atoms with Crippen molar-refractivity contribution in [1.82, 2.24) is 0 Å². The van der Waals surface area contributed by atoms with E-state index in [0.717, 1.165) is 5.56 Å². The van der Waals surface area contributed by atoms with Crippen molar-refractivity contribution in [3.05, 3.63) is 34.6 Å². The first-order chi connectivity index (χ1) is 8.06. The van der Waals surface area contributed by atoms with Gasteiger partial charge in [0.05, 0.1) is 5.02 Å². The molecule has 0 spiro atoms. The standard InChI is InChI=1S/C12H16ClFO3/c1-15-12(16-2,17-3)7-6-9-4-5-11(14)10(13)8-9/h4-5,8H,6-7H2,1-3H3. The van der Waals surface area contributed by atoms with E-state index in [1.807, 2.05) is 0 Å². The van der Waals surface area contributed by atoms with Crippen molar-refractivity contribution >= 4 is 11.6 Å². The molecule has 0 fully saturated rings. The summed E-state index contributed by atoms with van der Waals surface area (Å²) in [6.45, 7) is 0. The minimum atomic E-state index is -1.07. The van der Waals surface area contributed by atoms with Gasteiger partial charge in [-0.05, 0) is 24.1 Å². The van der Waals surface area contributed by atoms with Crippen molar-refractivity contribution in [2.45, 2.75) is 18.8 Å². The van der Waals surface area contributed by atoms with Crippen molar-refractivity contribution < 1.29 is 18.6 Å². The van der Waals surface area contributed by atoms with Crippen molar-refractivity contribution in [2.75, 3.05) is 21.3 Å². The van der Waals surface area contributed by atoms with Gasteiger partial charge in [0, 0.05) is 27.8 Å². The van der Waals surface area contributed by atoms with Gasteiger partial charge >= 0.3 is 0 Å². The number of hydrogen-bond acceptors (Lipinski definition) is 3. The van der Waals surface area contributed by atoms with Crippen LogP contribution in [0.5, 0.6) is 0 Å². The fourth-order valence-corrected chi connectivity index (χ4v) is 1.75. The Balaban J connectivity index is 2.68. The first-order valence-electron chi connectivity index (χ1n) is 5.16. The summed E-state index contributed by atoms with van der Waals surface area (Å²) in [5, 5.41) is 0.111. The third kappa shape index (κ3) is 3.64. The molecule has 0 aliphatic carbocycles. The molecule has 0 aromatic heterocycles. The smallest absolute Gasteiger partial charge is 0.282 e. The largest absolute Gasteiger partial charge is 0.331 e. The molecule has 0 saturated heterocycles. The van der Waals surface area contributed by atoms with E-state index < -0.39 is 11.8 Å². The van der Waals surface area contributed by atoms with Gasteiger partial charge in [0.2, 0.25) is 0 Å². The highest BCUT2D eigenvalue weighted by Crippen LogP contribution is 2.22. The average Bonchev–Trinajstić information content (AvgIpc) is 2.36. The van der Waals surface area contributed by atoms with Crippen LogP contribution in [0.1, 0.15) is 12.0 Å². The Labute approximate surface area is 105 Å². The number of halogens is 2. The van der Waals surface area contributed by atoms with Crippen LogP contribution in [0, 0.1) is 5.82 Å². The van der Waals surface area contributed by atoms with Crippen LogP contribution in [0.15, 0.2) is 18.2 Å². The Morgan fingerprint density at radius 2 is 1.76 bits per heavy atom. The first-order valence-corrected chi connectivity index (χ1v) is 5.54. The topological polar surface area (TPSA) is 27.7 Å². The highest BCUT2D eigenvalue weighted by atomic mass is 35.5. The van der Waals surface area contributed by atoms with Gasteiger partial charge in [0.25, 0.3) is 5.97 Å². The van der Waals surface area contributed by atoms with Crippen LogP contribution in [-0.4, -0.2) is 27.3 Å². The molecule has 5 heteroatoms. The molecule has 0 aliphatic heterocycles. The molecule has 17 heavy (non-hydrogen) atoms. The molecule has 0 bridgehead atoms. The average molecular weight is 263 g/mol. The summed E-state index contributed by atoms with van der Waals surface area (Å²) in [6, 6.07) is 4.60. The molecule has 1 rings (SSSR count). The fraction of sp³-hybridized carbons (Fsp3) is 0.500. The molecular formula is C12H16ClFO3. The maximum atomic E-state index is 13.0. The molecule has 0 aliphatic rings. The zero-order chi connectivity index (χ0) is 12.9. The molecule has 0 saturated carbocycles. The SMILES string of the molecule is COC(CCc1ccc(F)c(Cl)c1)(OC)OC. The van der Waals surface area contributed by atoms with E-state index >= 15 is 0 Å². The van der Waals surface area contributed by atoms with Gasteiger partial charge in [-0.15, -0.1) is 0 Å². The first kappa shape index (κ1) is 14.4. The van der Waals surface area contributed by atoms with E-state index in [1.54, 1.807) is 12.1 Å². The number of rotatable bonds is 6. The van der Waals surface area contributed by atoms with Gasteiger partial charge in [-0.3, -0.25) is 0 Å². The summed E-state index contributed by atoms with van der Waals surface area (Å²) in [7, 11) is 4.51. The van der Waals surface area contributed by atoms with Gasteiger partial charge in [0.15, 0.2) is 0 Å². The number of ether oxygens (including phenoxy) is 3. The van der Waals surface area contributed by atoms with Gasteiger partial charge in [-0.25, -0.2) is 4.39 Å². The molecule has 0 unspecified atom stereocenters. The maximum absolute atomic E-state index is 13.0. The Morgan fingerprint density at radius 1 is 1.18 bits per heavy atom. The predicted octanol–water partition coefficient (Wildman–Crippen LogP) is 3.00. The van der Waals surface area contributed by atoms with Crippen LogP contribution < -0.4 is 0 Å². The Morgan fingerprint density at radius 3 is 2.24 bits per heavy atom. The lowest BCUT2D eigenvalue weighted by molar-refractivity contribution is -0.354. The van der Waals surface area contributed by atoms with E-state index in [1.165, 1.54) is 27.4 Å². The van der Waals surface area contributed by atoms with Crippen molar-refractivity contribution in [3.8, 4) is 0 Å². The zero-order valence-corrected chi connectivity index (χ0v) is 10.9. The second-order valence-corrected chi connectivity index (χ2v) is 3.95. The fourth-order valence-electron chi connectivity index (χ4n) is 1.55. The second-order valence-electron chi connectivity index (χ2n) is 3.54. The molecule has 1 aromatic rings. The monoisotopic (exact) mass is 262 g/mol. The number of aryl methyl sites for hydroxylation is 1. The molecule has 0 atom stereocenters. The van der Waals surface area contributed by atoms with E-state index in [0.29, 0.717) is 12.8 Å². The summed E-state index contributed by atoms with van der Waals surface area (Å²) in [4.78, 5) is 0. The van der Waals surface area contributed by atoms with Crippen molar-refractivity contribution in [1.29, 1.82) is 0 Å². The van der Waals surface area contributed by atoms with Crippen molar-refractivity contribution in [2.24, 2.45) is 0 Å². The van der Waals surface area contributed by atoms with Gasteiger partial charge in [-0.1, -0.05) is 17.7 Å². The lowest BCUT2D eigenvalue weighted by atomic mass is 10.1. The summed E-state index contributed by atoms with van der Waals surface area (Å²) in [6.07, 6.45) is 1.09. The molecule has 96 valence electrons. The molecule has 1 aromatic carbocycles. The molecule has 0 radical (unpaired) electrons. The summed E-state index contributed by atoms with van der Waals surface area (Å²) < 4.78 is 28.4. The maximum Gasteiger partial charge on any atom is 0.282 e. The third-order valence-corrected chi connectivity index (χ3v) is 2.93. The Kier molecular flexibility index (Phi) is 5.33. The highest BCUT2D eigenvalue weighted by molar-refractivity contribution is 6.30. The summed E-state index contributed by atoms with van der Waals surface area (Å²) in [5.41, 5.74) is 0.895. The number of hydrogen-bond donors (Lipinski definition) is 0. The normalized spacial score (nSPS) is 11.8. The van der Waals surface area contributed by atoms with E-state index in [-0.39, 0.29) is 5.02 Å². The van der Waals surface area contributed by atoms with Crippen LogP contribution >= 0.6 is 11.6 Å². The predicted molar refractivity (Wildman–Crippen MR) is 63.5 cm³/mol. The summed E-state index contributed by atoms with van der Waals surface area (Å²) in [5.74, 6) is -1.49. The number of benzene rings is 1. The van der Waals surface area contributed by atoms with Crippen LogP contribution in [0.3, 0.4) is 0 Å². The van der Waals surface area contributed by atoms with Gasteiger partial charge in [-0.2, -0.15) is 0 Å². The van der Waals surface area contributed by atoms with E-state index in [2.05, 4.69) is 0 Å². The van der Waals surface area contributed by atoms with Crippen LogP contribution in [0.4, 0.5) is 4.39 Å². The molecule has 0 heterocycles. The van der Waals surface area contributed by atoms with Crippen LogP contribution in [0.2, 0.25) is 5.02 Å². The summed E-state index contributed by atoms with van der Waals surface area (Å²) >= 11 is 5.70. The quantitative estimate of drug-likeness (QED) is 0.738. The van der Waals surface area contributed by atoms with Crippen LogP contribution in [-0.2, 0) is 20.6 Å². The van der Waals surface area contributed by atoms with Crippen LogP contribution in [0.25, 0.3) is 0 Å². The lowest BCUT2D eigenvalue weighted by Gasteiger charge is -2.28. The molecule has 0 N–H and O–H groups in total. The highest BCUT2D eigenvalue weighted by Gasteiger charge is 2.28. The molecule has 3 nitrogen and oxygen atoms in total. The van der Waals surface area contributed by atoms with Crippen molar-refractivity contribution in [3.63, 3.8) is 0 Å². The molecular weight excluding hydrogens is 247 g/mol. The minimum absolute atomic E-state index is 0.111. The third-order valence-electron chi connectivity index (χ3n) is 2.64. The zero-order valence-electron chi connectivity index (χ0n) is 10.1. The Hall–Kier alpha value is -0.680. The molecule has 0 amide bonds. The van der Waals surface area contributed by atoms with E-state index in [9.17, 15) is 4.39 Å². The Bertz CT molecular complexity index is 359. The second kappa shape index (κ2) is 6.31. The van der Waals surface area contributed by atoms with Gasteiger partial charge < -0.3 is 14.2 Å². The lowest BCUT2D eigenvalue weighted by Crippen LogP contribution is -2.36. The number of methoxy groups -OCH3 is 3. The minimum Gasteiger partial charge on any atom is -0.331 e. The van der Waals surface area contributed by atoms with Gasteiger partial charge in [0.1, 0.15) is 5.82 Å².